The van der Waals surface area contributed by atoms with E-state index < -0.39 is 4.92 Å². The number of anilines is 2. The van der Waals surface area contributed by atoms with Crippen molar-refractivity contribution in [2.45, 2.75) is 5.03 Å². The van der Waals surface area contributed by atoms with E-state index in [2.05, 4.69) is 19.8 Å². The maximum Gasteiger partial charge on any atom is 0.270 e. The molecule has 1 fully saturated rings. The van der Waals surface area contributed by atoms with Crippen LogP contribution in [0.1, 0.15) is 10.4 Å². The summed E-state index contributed by atoms with van der Waals surface area (Å²) in [6.07, 6.45) is 1.47. The van der Waals surface area contributed by atoms with Crippen molar-refractivity contribution in [2.24, 2.45) is 0 Å². The molecule has 32 heavy (non-hydrogen) atoms. The highest BCUT2D eigenvalue weighted by Gasteiger charge is 2.19. The van der Waals surface area contributed by atoms with Crippen LogP contribution < -0.4 is 9.80 Å². The van der Waals surface area contributed by atoms with Crippen LogP contribution >= 0.6 is 11.8 Å². The first kappa shape index (κ1) is 21.7. The number of nitrogens with zero attached hydrogens (tertiary/aromatic N) is 5. The average Bonchev–Trinajstić information content (AvgIpc) is 2.83. The quantitative estimate of drug-likeness (QED) is 0.175. The molecule has 8 nitrogen and oxygen atoms in total. The predicted molar refractivity (Wildman–Crippen MR) is 121 cm³/mol. The summed E-state index contributed by atoms with van der Waals surface area (Å²) in [6.45, 7) is 3.07. The molecule has 2 heterocycles. The Hall–Kier alpha value is -3.53. The van der Waals surface area contributed by atoms with Gasteiger partial charge in [-0.15, -0.1) is 0 Å². The number of piperazine rings is 1. The Bertz CT molecular complexity index is 1120. The number of benzene rings is 2. The van der Waals surface area contributed by atoms with Crippen LogP contribution in [0.25, 0.3) is 0 Å². The zero-order valence-electron chi connectivity index (χ0n) is 17.1. The van der Waals surface area contributed by atoms with Crippen LogP contribution in [-0.2, 0) is 0 Å². The minimum atomic E-state index is -0.517. The number of non-ortho nitro benzene ring substituents is 1. The lowest BCUT2D eigenvalue weighted by atomic mass is 10.1. The largest absolute Gasteiger partial charge is 0.368 e. The molecule has 0 saturated carbocycles. The van der Waals surface area contributed by atoms with Gasteiger partial charge >= 0.3 is 0 Å². The molecule has 1 aromatic heterocycles. The van der Waals surface area contributed by atoms with Crippen LogP contribution in [0.5, 0.6) is 0 Å². The van der Waals surface area contributed by atoms with Crippen molar-refractivity contribution in [3.05, 3.63) is 82.4 Å². The summed E-state index contributed by atoms with van der Waals surface area (Å²) in [4.78, 5) is 35.8. The lowest BCUT2D eigenvalue weighted by molar-refractivity contribution is -0.384. The normalized spacial score (nSPS) is 13.8. The molecular weight excluding hydrogens is 433 g/mol. The van der Waals surface area contributed by atoms with Crippen LogP contribution in [-0.4, -0.2) is 52.6 Å². The molecule has 0 radical (unpaired) electrons. The van der Waals surface area contributed by atoms with E-state index in [1.807, 2.05) is 6.07 Å². The van der Waals surface area contributed by atoms with E-state index in [9.17, 15) is 19.3 Å². The lowest BCUT2D eigenvalue weighted by Gasteiger charge is -2.36. The summed E-state index contributed by atoms with van der Waals surface area (Å²) in [5.41, 5.74) is 1.19. The lowest BCUT2D eigenvalue weighted by Crippen LogP contribution is -2.46. The van der Waals surface area contributed by atoms with Crippen molar-refractivity contribution in [1.29, 1.82) is 0 Å². The molecular formula is C22H20FN5O3S. The number of ketones is 1. The number of hydrogen-bond acceptors (Lipinski definition) is 8. The Morgan fingerprint density at radius 3 is 2.47 bits per heavy atom. The molecule has 164 valence electrons. The number of aromatic nitrogens is 2. The van der Waals surface area contributed by atoms with Gasteiger partial charge in [0.05, 0.1) is 10.7 Å². The number of carbonyl (C=O) groups is 1. The molecule has 0 spiro atoms. The molecule has 0 unspecified atom stereocenters. The smallest absolute Gasteiger partial charge is 0.270 e. The summed E-state index contributed by atoms with van der Waals surface area (Å²) in [5, 5.41) is 11.6. The van der Waals surface area contributed by atoms with Crippen molar-refractivity contribution < 1.29 is 14.1 Å². The van der Waals surface area contributed by atoms with E-state index >= 15 is 0 Å². The topological polar surface area (TPSA) is 92.5 Å². The average molecular weight is 453 g/mol. The van der Waals surface area contributed by atoms with Crippen molar-refractivity contribution in [3.8, 4) is 0 Å². The van der Waals surface area contributed by atoms with Crippen LogP contribution in [0.4, 0.5) is 21.6 Å². The second-order valence-electron chi connectivity index (χ2n) is 7.18. The number of thioether (sulfide) groups is 1. The van der Waals surface area contributed by atoms with Gasteiger partial charge in [-0.1, -0.05) is 23.9 Å². The third kappa shape index (κ3) is 5.20. The maximum absolute atomic E-state index is 13.1. The van der Waals surface area contributed by atoms with Crippen molar-refractivity contribution in [2.75, 3.05) is 41.7 Å². The Kier molecular flexibility index (Phi) is 6.60. The van der Waals surface area contributed by atoms with Gasteiger partial charge in [-0.2, -0.15) is 0 Å². The number of nitro groups is 1. The summed E-state index contributed by atoms with van der Waals surface area (Å²) < 4.78 is 13.1. The zero-order valence-corrected chi connectivity index (χ0v) is 17.9. The second-order valence-corrected chi connectivity index (χ2v) is 8.18. The molecule has 0 aliphatic carbocycles. The summed E-state index contributed by atoms with van der Waals surface area (Å²) in [7, 11) is 0. The van der Waals surface area contributed by atoms with E-state index in [0.717, 1.165) is 37.7 Å². The van der Waals surface area contributed by atoms with Gasteiger partial charge < -0.3 is 9.80 Å². The minimum Gasteiger partial charge on any atom is -0.368 e. The fourth-order valence-electron chi connectivity index (χ4n) is 3.44. The van der Waals surface area contributed by atoms with Gasteiger partial charge in [0.1, 0.15) is 23.0 Å². The Balaban J connectivity index is 1.35. The van der Waals surface area contributed by atoms with Gasteiger partial charge in [-0.25, -0.2) is 14.4 Å². The Morgan fingerprint density at radius 1 is 1.03 bits per heavy atom. The highest BCUT2D eigenvalue weighted by Crippen LogP contribution is 2.24. The first-order valence-corrected chi connectivity index (χ1v) is 11.0. The molecule has 0 amide bonds. The van der Waals surface area contributed by atoms with Gasteiger partial charge in [0.2, 0.25) is 0 Å². The van der Waals surface area contributed by atoms with Crippen molar-refractivity contribution in [1.82, 2.24) is 9.97 Å². The third-order valence-electron chi connectivity index (χ3n) is 5.15. The Labute approximate surface area is 188 Å². The third-order valence-corrected chi connectivity index (χ3v) is 6.08. The molecule has 1 aliphatic rings. The highest BCUT2D eigenvalue weighted by molar-refractivity contribution is 7.99. The van der Waals surface area contributed by atoms with Gasteiger partial charge in [0.15, 0.2) is 5.78 Å². The standard InChI is InChI=1S/C22H20FN5O3S/c23-17-4-6-18(7-5-17)26-8-10-27(11-9-26)21-13-22(25-15-24-21)32-14-20(29)16-2-1-3-19(12-16)28(30)31/h1-7,12-13,15H,8-11,14H2. The summed E-state index contributed by atoms with van der Waals surface area (Å²) in [6, 6.07) is 14.1. The highest BCUT2D eigenvalue weighted by atomic mass is 32.2. The van der Waals surface area contributed by atoms with Gasteiger partial charge in [-0.3, -0.25) is 14.9 Å². The van der Waals surface area contributed by atoms with Crippen LogP contribution in [0.15, 0.2) is 66.0 Å². The molecule has 1 saturated heterocycles. The van der Waals surface area contributed by atoms with E-state index in [-0.39, 0.29) is 23.0 Å². The molecule has 4 rings (SSSR count). The molecule has 0 bridgehead atoms. The maximum atomic E-state index is 13.1. The van der Waals surface area contributed by atoms with E-state index in [1.54, 1.807) is 18.2 Å². The number of Topliss-reactive ketones (excluding diaryl/α,β-unsaturated/α-hetero) is 1. The van der Waals surface area contributed by atoms with Gasteiger partial charge in [0, 0.05) is 55.6 Å². The molecule has 2 aromatic carbocycles. The number of halogens is 1. The molecule has 3 aromatic rings. The van der Waals surface area contributed by atoms with Gasteiger partial charge in [0.25, 0.3) is 5.69 Å². The van der Waals surface area contributed by atoms with E-state index in [1.165, 1.54) is 48.4 Å². The summed E-state index contributed by atoms with van der Waals surface area (Å²) in [5.74, 6) is 0.453. The first-order valence-electron chi connectivity index (χ1n) is 9.97. The molecule has 1 aliphatic heterocycles. The fraction of sp³-hybridized carbons (Fsp3) is 0.227. The van der Waals surface area contributed by atoms with Crippen molar-refractivity contribution in [3.63, 3.8) is 0 Å². The van der Waals surface area contributed by atoms with Crippen LogP contribution in [0, 0.1) is 15.9 Å². The SMILES string of the molecule is O=C(CSc1cc(N2CCN(c3ccc(F)cc3)CC2)ncn1)c1cccc([N+](=O)[O-])c1. The first-order chi connectivity index (χ1) is 15.5. The molecule has 0 atom stereocenters. The Morgan fingerprint density at radius 2 is 1.75 bits per heavy atom. The van der Waals surface area contributed by atoms with Crippen LogP contribution in [0.3, 0.4) is 0 Å². The number of carbonyl (C=O) groups excluding carboxylic acids is 1. The number of rotatable bonds is 7. The van der Waals surface area contributed by atoms with Crippen LogP contribution in [0.2, 0.25) is 0 Å². The molecule has 10 heteroatoms. The van der Waals surface area contributed by atoms with Crippen molar-refractivity contribution >= 4 is 34.7 Å². The molecule has 0 N–H and O–H groups in total. The second kappa shape index (κ2) is 9.73. The van der Waals surface area contributed by atoms with E-state index in [4.69, 9.17) is 0 Å². The zero-order chi connectivity index (χ0) is 22.5. The monoisotopic (exact) mass is 453 g/mol. The number of hydrogen-bond donors (Lipinski definition) is 0. The minimum absolute atomic E-state index is 0.107. The predicted octanol–water partition coefficient (Wildman–Crippen LogP) is 3.83. The van der Waals surface area contributed by atoms with Gasteiger partial charge in [-0.05, 0) is 24.3 Å². The number of nitro benzene ring substituents is 1. The summed E-state index contributed by atoms with van der Waals surface area (Å²) >= 11 is 1.27. The van der Waals surface area contributed by atoms with E-state index in [0.29, 0.717) is 10.6 Å². The fourth-order valence-corrected chi connectivity index (χ4v) is 4.20.